The number of thioether (sulfide) groups is 1. The number of ether oxygens (including phenoxy) is 2. The van der Waals surface area contributed by atoms with E-state index in [1.165, 1.54) is 35.2 Å². The SMILES string of the molecule is O=C(CCN1C(=O)/C(=C/c2cc(-c3ccc(F)c(Cl)c3)ccc2OCCN2CCOCC2)SC1=S)Nc1ccc(C(=O)O)cc1. The molecule has 2 amide bonds. The molecule has 2 aliphatic heterocycles. The summed E-state index contributed by atoms with van der Waals surface area (Å²) in [6, 6.07) is 15.8. The number of halogens is 2. The van der Waals surface area contributed by atoms with Crippen LogP contribution in [0.5, 0.6) is 5.75 Å². The van der Waals surface area contributed by atoms with Crippen molar-refractivity contribution in [2.24, 2.45) is 0 Å². The molecule has 2 fully saturated rings. The Labute approximate surface area is 273 Å². The fourth-order valence-electron chi connectivity index (χ4n) is 4.72. The molecule has 0 aromatic heterocycles. The van der Waals surface area contributed by atoms with Gasteiger partial charge in [-0.15, -0.1) is 0 Å². The summed E-state index contributed by atoms with van der Waals surface area (Å²) in [5.74, 6) is -1.69. The highest BCUT2D eigenvalue weighted by atomic mass is 35.5. The molecule has 45 heavy (non-hydrogen) atoms. The van der Waals surface area contributed by atoms with Crippen LogP contribution < -0.4 is 10.1 Å². The van der Waals surface area contributed by atoms with Gasteiger partial charge in [-0.3, -0.25) is 19.4 Å². The lowest BCUT2D eigenvalue weighted by molar-refractivity contribution is -0.122. The molecule has 0 bridgehead atoms. The maximum absolute atomic E-state index is 13.8. The molecule has 3 aromatic rings. The van der Waals surface area contributed by atoms with Crippen molar-refractivity contribution in [2.75, 3.05) is 51.3 Å². The van der Waals surface area contributed by atoms with Gasteiger partial charge in [0.1, 0.15) is 22.5 Å². The first-order valence-electron chi connectivity index (χ1n) is 14.1. The van der Waals surface area contributed by atoms with Crippen molar-refractivity contribution < 1.29 is 33.4 Å². The minimum Gasteiger partial charge on any atom is -0.492 e. The number of anilines is 1. The smallest absolute Gasteiger partial charge is 0.335 e. The number of amides is 2. The standard InChI is InChI=1S/C32H29ClFN3O6S2/c33-25-18-22(3-7-26(25)34)21-4-8-27(43-16-13-36-11-14-42-15-12-36)23(17-21)19-28-30(39)37(32(44)45-28)10-9-29(38)35-24-5-1-20(2-6-24)31(40)41/h1-8,17-19H,9-16H2,(H,35,38)(H,40,41)/b28-19-. The van der Waals surface area contributed by atoms with Crippen LogP contribution in [0.1, 0.15) is 22.3 Å². The quantitative estimate of drug-likeness (QED) is 0.194. The van der Waals surface area contributed by atoms with E-state index in [0.717, 1.165) is 30.4 Å². The molecule has 234 valence electrons. The summed E-state index contributed by atoms with van der Waals surface area (Å²) in [4.78, 5) is 41.0. The van der Waals surface area contributed by atoms with Crippen molar-refractivity contribution in [3.8, 4) is 16.9 Å². The average molecular weight is 670 g/mol. The van der Waals surface area contributed by atoms with Gasteiger partial charge in [0, 0.05) is 43.9 Å². The molecule has 13 heteroatoms. The van der Waals surface area contributed by atoms with E-state index in [9.17, 15) is 18.8 Å². The number of hydrogen-bond donors (Lipinski definition) is 2. The van der Waals surface area contributed by atoms with Crippen LogP contribution in [-0.4, -0.2) is 83.0 Å². The van der Waals surface area contributed by atoms with Gasteiger partial charge < -0.3 is 19.9 Å². The molecule has 3 aromatic carbocycles. The van der Waals surface area contributed by atoms with Crippen molar-refractivity contribution in [3.05, 3.63) is 87.5 Å². The highest BCUT2D eigenvalue weighted by Gasteiger charge is 2.32. The zero-order valence-electron chi connectivity index (χ0n) is 24.0. The number of nitrogens with zero attached hydrogens (tertiary/aromatic N) is 2. The second kappa shape index (κ2) is 15.0. The highest BCUT2D eigenvalue weighted by Crippen LogP contribution is 2.36. The van der Waals surface area contributed by atoms with E-state index in [4.69, 9.17) is 38.4 Å². The summed E-state index contributed by atoms with van der Waals surface area (Å²) < 4.78 is 25.7. The van der Waals surface area contributed by atoms with Crippen LogP contribution in [0.15, 0.2) is 65.6 Å². The Morgan fingerprint density at radius 2 is 1.78 bits per heavy atom. The first kappa shape index (κ1) is 32.6. The minimum absolute atomic E-state index is 0.00192. The molecule has 9 nitrogen and oxygen atoms in total. The maximum atomic E-state index is 13.8. The van der Waals surface area contributed by atoms with Gasteiger partial charge in [0.05, 0.1) is 28.7 Å². The molecule has 0 atom stereocenters. The van der Waals surface area contributed by atoms with Crippen LogP contribution in [0.2, 0.25) is 5.02 Å². The largest absolute Gasteiger partial charge is 0.492 e. The molecule has 2 aliphatic rings. The van der Waals surface area contributed by atoms with Gasteiger partial charge in [0.15, 0.2) is 0 Å². The number of thiocarbonyl (C=S) groups is 1. The van der Waals surface area contributed by atoms with Crippen LogP contribution in [0.4, 0.5) is 10.1 Å². The van der Waals surface area contributed by atoms with E-state index in [1.807, 2.05) is 18.2 Å². The highest BCUT2D eigenvalue weighted by molar-refractivity contribution is 8.26. The van der Waals surface area contributed by atoms with E-state index in [-0.39, 0.29) is 35.4 Å². The number of aromatic carboxylic acids is 1. The lowest BCUT2D eigenvalue weighted by atomic mass is 10.0. The Bertz CT molecular complexity index is 1650. The van der Waals surface area contributed by atoms with Crippen molar-refractivity contribution >= 4 is 69.4 Å². The van der Waals surface area contributed by atoms with Gasteiger partial charge in [-0.05, 0) is 65.7 Å². The summed E-state index contributed by atoms with van der Waals surface area (Å²) in [7, 11) is 0. The van der Waals surface area contributed by atoms with Crippen molar-refractivity contribution in [1.29, 1.82) is 0 Å². The zero-order chi connectivity index (χ0) is 31.9. The summed E-state index contributed by atoms with van der Waals surface area (Å²) in [5, 5.41) is 11.7. The molecule has 2 saturated heterocycles. The molecule has 2 heterocycles. The summed E-state index contributed by atoms with van der Waals surface area (Å²) in [5.41, 5.74) is 2.64. The molecular formula is C32H29ClFN3O6S2. The minimum atomic E-state index is -1.06. The molecule has 5 rings (SSSR count). The Hall–Kier alpha value is -3.81. The number of nitrogens with one attached hydrogen (secondary N) is 1. The predicted molar refractivity (Wildman–Crippen MR) is 176 cm³/mol. The van der Waals surface area contributed by atoms with Crippen LogP contribution in [0, 0.1) is 5.82 Å². The third-order valence-electron chi connectivity index (χ3n) is 7.17. The second-order valence-electron chi connectivity index (χ2n) is 10.2. The van der Waals surface area contributed by atoms with Gasteiger partial charge >= 0.3 is 5.97 Å². The van der Waals surface area contributed by atoms with Gasteiger partial charge in [0.25, 0.3) is 5.91 Å². The van der Waals surface area contributed by atoms with Gasteiger partial charge in [0.2, 0.25) is 5.91 Å². The monoisotopic (exact) mass is 669 g/mol. The Morgan fingerprint density at radius 3 is 2.49 bits per heavy atom. The number of carboxylic acid groups (broad SMARTS) is 1. The molecular weight excluding hydrogens is 641 g/mol. The van der Waals surface area contributed by atoms with Gasteiger partial charge in [-0.25, -0.2) is 9.18 Å². The average Bonchev–Trinajstić information content (AvgIpc) is 3.30. The van der Waals surface area contributed by atoms with E-state index in [1.54, 1.807) is 18.2 Å². The van der Waals surface area contributed by atoms with Gasteiger partial charge in [-0.1, -0.05) is 47.7 Å². The van der Waals surface area contributed by atoms with Crippen molar-refractivity contribution in [2.45, 2.75) is 6.42 Å². The van der Waals surface area contributed by atoms with Crippen LogP contribution >= 0.6 is 35.6 Å². The van der Waals surface area contributed by atoms with Crippen LogP contribution in [0.3, 0.4) is 0 Å². The van der Waals surface area contributed by atoms with E-state index < -0.39 is 11.8 Å². The van der Waals surface area contributed by atoms with E-state index >= 15 is 0 Å². The molecule has 0 unspecified atom stereocenters. The molecule has 0 saturated carbocycles. The van der Waals surface area contributed by atoms with E-state index in [2.05, 4.69) is 10.2 Å². The summed E-state index contributed by atoms with van der Waals surface area (Å²) in [6.45, 7) is 4.24. The number of carboxylic acids is 1. The second-order valence-corrected chi connectivity index (χ2v) is 12.3. The topological polar surface area (TPSA) is 108 Å². The number of rotatable bonds is 11. The fourth-order valence-corrected chi connectivity index (χ4v) is 6.20. The van der Waals surface area contributed by atoms with Gasteiger partial charge in [-0.2, -0.15) is 0 Å². The fraction of sp³-hybridized carbons (Fsp3) is 0.250. The summed E-state index contributed by atoms with van der Waals surface area (Å²) >= 11 is 12.6. The first-order chi connectivity index (χ1) is 21.7. The number of carbonyl (C=O) groups is 3. The summed E-state index contributed by atoms with van der Waals surface area (Å²) in [6.07, 6.45) is 1.69. The number of carbonyl (C=O) groups excluding carboxylic acids is 2. The number of hydrogen-bond acceptors (Lipinski definition) is 8. The van der Waals surface area contributed by atoms with Crippen LogP contribution in [0.25, 0.3) is 17.2 Å². The molecule has 0 radical (unpaired) electrons. The van der Waals surface area contributed by atoms with E-state index in [0.29, 0.717) is 58.2 Å². The lowest BCUT2D eigenvalue weighted by Crippen LogP contribution is -2.38. The number of morpholine rings is 1. The lowest BCUT2D eigenvalue weighted by Gasteiger charge is -2.26. The van der Waals surface area contributed by atoms with Crippen molar-refractivity contribution in [1.82, 2.24) is 9.80 Å². The molecule has 0 aliphatic carbocycles. The number of benzene rings is 3. The third kappa shape index (κ3) is 8.47. The van der Waals surface area contributed by atoms with Crippen molar-refractivity contribution in [3.63, 3.8) is 0 Å². The Kier molecular flexibility index (Phi) is 10.8. The first-order valence-corrected chi connectivity index (χ1v) is 15.7. The molecule has 0 spiro atoms. The third-order valence-corrected chi connectivity index (χ3v) is 8.84. The molecule has 2 N–H and O–H groups in total. The normalized spacial score (nSPS) is 16.3. The predicted octanol–water partition coefficient (Wildman–Crippen LogP) is 5.79. The maximum Gasteiger partial charge on any atom is 0.335 e. The Morgan fingerprint density at radius 1 is 1.07 bits per heavy atom. The Balaban J connectivity index is 1.30. The van der Waals surface area contributed by atoms with Crippen LogP contribution in [-0.2, 0) is 14.3 Å². The zero-order valence-corrected chi connectivity index (χ0v) is 26.4.